The van der Waals surface area contributed by atoms with E-state index < -0.39 is 5.97 Å². The van der Waals surface area contributed by atoms with E-state index in [-0.39, 0.29) is 12.0 Å². The number of ether oxygens (including phenoxy) is 2. The van der Waals surface area contributed by atoms with E-state index in [9.17, 15) is 4.79 Å². The molecular weight excluding hydrogens is 368 g/mol. The molecule has 0 saturated carbocycles. The second-order valence-corrected chi connectivity index (χ2v) is 7.78. The number of hydrogen-bond acceptors (Lipinski definition) is 3. The molecule has 0 heterocycles. The van der Waals surface area contributed by atoms with E-state index in [0.29, 0.717) is 5.75 Å². The lowest BCUT2D eigenvalue weighted by Gasteiger charge is -2.23. The third-order valence-electron chi connectivity index (χ3n) is 3.65. The third kappa shape index (κ3) is 4.84. The zero-order valence-electron chi connectivity index (χ0n) is 14.8. The monoisotopic (exact) mass is 390 g/mol. The minimum absolute atomic E-state index is 0.0614. The highest BCUT2D eigenvalue weighted by atomic mass is 79.9. The third-order valence-corrected chi connectivity index (χ3v) is 4.54. The first-order valence-corrected chi connectivity index (χ1v) is 8.67. The van der Waals surface area contributed by atoms with Gasteiger partial charge in [-0.1, -0.05) is 54.4 Å². The standard InChI is InChI=1S/C20H23BrO3/c1-13-6-9-18(16(10-13)20(3,4)5)23-12-19(22)24-15-7-8-17(21)14(2)11-15/h6-11H,12H2,1-5H3. The Morgan fingerprint density at radius 2 is 1.79 bits per heavy atom. The van der Waals surface area contributed by atoms with E-state index in [1.165, 1.54) is 5.56 Å². The summed E-state index contributed by atoms with van der Waals surface area (Å²) in [5, 5.41) is 0. The van der Waals surface area contributed by atoms with Gasteiger partial charge in [0.25, 0.3) is 0 Å². The van der Waals surface area contributed by atoms with Gasteiger partial charge in [0.1, 0.15) is 11.5 Å². The van der Waals surface area contributed by atoms with Crippen LogP contribution in [-0.4, -0.2) is 12.6 Å². The molecule has 4 heteroatoms. The minimum atomic E-state index is -0.419. The molecular formula is C20H23BrO3. The van der Waals surface area contributed by atoms with Gasteiger partial charge in [0.15, 0.2) is 6.61 Å². The number of hydrogen-bond donors (Lipinski definition) is 0. The predicted octanol–water partition coefficient (Wildman–Crippen LogP) is 5.35. The Hall–Kier alpha value is -1.81. The molecule has 0 aliphatic heterocycles. The van der Waals surface area contributed by atoms with Gasteiger partial charge in [0.2, 0.25) is 0 Å². The largest absolute Gasteiger partial charge is 0.482 e. The van der Waals surface area contributed by atoms with Crippen molar-refractivity contribution in [3.05, 3.63) is 57.6 Å². The molecule has 2 rings (SSSR count). The van der Waals surface area contributed by atoms with E-state index in [1.807, 2.05) is 38.1 Å². The summed E-state index contributed by atoms with van der Waals surface area (Å²) in [7, 11) is 0. The van der Waals surface area contributed by atoms with Gasteiger partial charge in [-0.2, -0.15) is 0 Å². The van der Waals surface area contributed by atoms with Crippen molar-refractivity contribution in [2.24, 2.45) is 0 Å². The Kier molecular flexibility index (Phi) is 5.70. The van der Waals surface area contributed by atoms with Crippen LogP contribution in [0.2, 0.25) is 0 Å². The zero-order chi connectivity index (χ0) is 17.9. The molecule has 0 aliphatic rings. The van der Waals surface area contributed by atoms with Crippen LogP contribution in [0.5, 0.6) is 11.5 Å². The lowest BCUT2D eigenvalue weighted by Crippen LogP contribution is -2.20. The molecule has 3 nitrogen and oxygen atoms in total. The van der Waals surface area contributed by atoms with Crippen molar-refractivity contribution < 1.29 is 14.3 Å². The molecule has 0 bridgehead atoms. The molecule has 0 N–H and O–H groups in total. The summed E-state index contributed by atoms with van der Waals surface area (Å²) in [4.78, 5) is 12.1. The molecule has 128 valence electrons. The number of carbonyl (C=O) groups excluding carboxylic acids is 1. The van der Waals surface area contributed by atoms with Crippen LogP contribution in [-0.2, 0) is 10.2 Å². The molecule has 0 aromatic heterocycles. The Morgan fingerprint density at radius 1 is 1.08 bits per heavy atom. The van der Waals surface area contributed by atoms with Crippen LogP contribution < -0.4 is 9.47 Å². The summed E-state index contributed by atoms with van der Waals surface area (Å²) in [6, 6.07) is 11.4. The quantitative estimate of drug-likeness (QED) is 0.521. The molecule has 2 aromatic carbocycles. The molecule has 0 unspecified atom stereocenters. The Morgan fingerprint density at radius 3 is 2.42 bits per heavy atom. The van der Waals surface area contributed by atoms with E-state index in [0.717, 1.165) is 21.3 Å². The Bertz CT molecular complexity index is 745. The lowest BCUT2D eigenvalue weighted by molar-refractivity contribution is -0.136. The van der Waals surface area contributed by atoms with Gasteiger partial charge < -0.3 is 9.47 Å². The van der Waals surface area contributed by atoms with E-state index in [2.05, 4.69) is 42.8 Å². The van der Waals surface area contributed by atoms with Gasteiger partial charge >= 0.3 is 5.97 Å². The van der Waals surface area contributed by atoms with Crippen molar-refractivity contribution in [1.82, 2.24) is 0 Å². The van der Waals surface area contributed by atoms with Crippen molar-refractivity contribution in [2.75, 3.05) is 6.61 Å². The summed E-state index contributed by atoms with van der Waals surface area (Å²) < 4.78 is 12.0. The summed E-state index contributed by atoms with van der Waals surface area (Å²) in [6.07, 6.45) is 0. The lowest BCUT2D eigenvalue weighted by atomic mass is 9.85. The van der Waals surface area contributed by atoms with Gasteiger partial charge in [-0.25, -0.2) is 4.79 Å². The van der Waals surface area contributed by atoms with Gasteiger partial charge in [0.05, 0.1) is 0 Å². The molecule has 0 radical (unpaired) electrons. The number of aryl methyl sites for hydroxylation is 2. The molecule has 2 aromatic rings. The van der Waals surface area contributed by atoms with Crippen LogP contribution in [0.25, 0.3) is 0 Å². The summed E-state index contributed by atoms with van der Waals surface area (Å²) in [5.74, 6) is 0.818. The SMILES string of the molecule is Cc1ccc(OCC(=O)Oc2ccc(Br)c(C)c2)c(C(C)(C)C)c1. The van der Waals surface area contributed by atoms with Gasteiger partial charge in [-0.15, -0.1) is 0 Å². The van der Waals surface area contributed by atoms with E-state index in [4.69, 9.17) is 9.47 Å². The Labute approximate surface area is 152 Å². The second-order valence-electron chi connectivity index (χ2n) is 6.92. The highest BCUT2D eigenvalue weighted by Gasteiger charge is 2.20. The van der Waals surface area contributed by atoms with Crippen LogP contribution >= 0.6 is 15.9 Å². The normalized spacial score (nSPS) is 11.2. The highest BCUT2D eigenvalue weighted by molar-refractivity contribution is 9.10. The molecule has 0 aliphatic carbocycles. The van der Waals surface area contributed by atoms with Crippen LogP contribution in [0.15, 0.2) is 40.9 Å². The first kappa shape index (κ1) is 18.5. The highest BCUT2D eigenvalue weighted by Crippen LogP contribution is 2.32. The molecule has 24 heavy (non-hydrogen) atoms. The second kappa shape index (κ2) is 7.39. The fraction of sp³-hybridized carbons (Fsp3) is 0.350. The number of halogens is 1. The van der Waals surface area contributed by atoms with Gasteiger partial charge in [0, 0.05) is 4.47 Å². The van der Waals surface area contributed by atoms with Crippen molar-refractivity contribution in [2.45, 2.75) is 40.0 Å². The topological polar surface area (TPSA) is 35.5 Å². The average molecular weight is 391 g/mol. The molecule has 0 atom stereocenters. The maximum absolute atomic E-state index is 12.1. The van der Waals surface area contributed by atoms with Crippen molar-refractivity contribution >= 4 is 21.9 Å². The van der Waals surface area contributed by atoms with Crippen LogP contribution in [0.1, 0.15) is 37.5 Å². The summed E-state index contributed by atoms with van der Waals surface area (Å²) >= 11 is 3.42. The first-order valence-electron chi connectivity index (χ1n) is 7.87. The number of esters is 1. The first-order chi connectivity index (χ1) is 11.2. The molecule has 0 amide bonds. The fourth-order valence-corrected chi connectivity index (χ4v) is 2.58. The van der Waals surface area contributed by atoms with Gasteiger partial charge in [-0.05, 0) is 54.7 Å². The van der Waals surface area contributed by atoms with E-state index in [1.54, 1.807) is 6.07 Å². The maximum atomic E-state index is 12.1. The van der Waals surface area contributed by atoms with Crippen LogP contribution in [0.4, 0.5) is 0 Å². The van der Waals surface area contributed by atoms with E-state index >= 15 is 0 Å². The minimum Gasteiger partial charge on any atom is -0.482 e. The average Bonchev–Trinajstić information content (AvgIpc) is 2.49. The molecule has 0 saturated heterocycles. The maximum Gasteiger partial charge on any atom is 0.349 e. The number of rotatable bonds is 4. The number of benzene rings is 2. The molecule has 0 spiro atoms. The van der Waals surface area contributed by atoms with Crippen molar-refractivity contribution in [3.8, 4) is 11.5 Å². The molecule has 0 fully saturated rings. The smallest absolute Gasteiger partial charge is 0.349 e. The van der Waals surface area contributed by atoms with Crippen LogP contribution in [0, 0.1) is 13.8 Å². The Balaban J connectivity index is 2.05. The summed E-state index contributed by atoms with van der Waals surface area (Å²) in [6.45, 7) is 10.2. The number of carbonyl (C=O) groups is 1. The summed E-state index contributed by atoms with van der Waals surface area (Å²) in [5.41, 5.74) is 3.19. The zero-order valence-corrected chi connectivity index (χ0v) is 16.4. The van der Waals surface area contributed by atoms with Crippen LogP contribution in [0.3, 0.4) is 0 Å². The predicted molar refractivity (Wildman–Crippen MR) is 99.9 cm³/mol. The fourth-order valence-electron chi connectivity index (χ4n) is 2.33. The van der Waals surface area contributed by atoms with Crippen molar-refractivity contribution in [1.29, 1.82) is 0 Å². The van der Waals surface area contributed by atoms with Gasteiger partial charge in [-0.3, -0.25) is 0 Å². The van der Waals surface area contributed by atoms with Crippen molar-refractivity contribution in [3.63, 3.8) is 0 Å².